The van der Waals surface area contributed by atoms with Crippen LogP contribution in [0.4, 0.5) is 0 Å². The Morgan fingerprint density at radius 1 is 0.353 bits per heavy atom. The van der Waals surface area contributed by atoms with Crippen molar-refractivity contribution in [2.75, 3.05) is 52.4 Å². The molecule has 2 nitrogen and oxygen atoms in total. The van der Waals surface area contributed by atoms with Gasteiger partial charge in [0.15, 0.2) is 0 Å². The van der Waals surface area contributed by atoms with Crippen LogP contribution in [0.1, 0.15) is 158 Å². The fourth-order valence-electron chi connectivity index (χ4n) is 5.80. The second kappa shape index (κ2) is 37.6. The van der Waals surface area contributed by atoms with Crippen molar-refractivity contribution < 1.29 is 30.0 Å². The zero-order chi connectivity index (χ0) is 38.3. The Bertz CT molecular complexity index is 936. The van der Waals surface area contributed by atoms with Gasteiger partial charge in [0.25, 0.3) is 0 Å². The first-order valence-electron chi connectivity index (χ1n) is 19.5. The molecule has 0 radical (unpaired) electrons. The third-order valence-corrected chi connectivity index (χ3v) is 16.0. The monoisotopic (exact) mass is 1070 g/mol. The zero-order valence-corrected chi connectivity index (χ0v) is 43.7. The van der Waals surface area contributed by atoms with E-state index in [1.165, 1.54) is 209 Å². The van der Waals surface area contributed by atoms with E-state index in [0.29, 0.717) is 0 Å². The molecule has 51 heavy (non-hydrogen) atoms. The zero-order valence-electron chi connectivity index (χ0n) is 33.3. The maximum atomic E-state index is 4.83. The first-order valence-corrected chi connectivity index (χ1v) is 25.3. The van der Waals surface area contributed by atoms with E-state index in [-0.39, 0.29) is 21.1 Å². The molecule has 0 N–H and O–H groups in total. The normalized spacial score (nSPS) is 11.0. The van der Waals surface area contributed by atoms with Crippen LogP contribution in [-0.2, 0) is 71.6 Å². The molecular formula is C38H72N2PtS10. The van der Waals surface area contributed by atoms with Crippen LogP contribution in [0.2, 0.25) is 0 Å². The second-order valence-corrected chi connectivity index (χ2v) is 22.5. The van der Waals surface area contributed by atoms with Gasteiger partial charge < -0.3 is 105 Å². The predicted octanol–water partition coefficient (Wildman–Crippen LogP) is 14.7. The van der Waals surface area contributed by atoms with E-state index < -0.39 is 0 Å². The molecule has 0 saturated carbocycles. The predicted molar refractivity (Wildman–Crippen MR) is 247 cm³/mol. The Morgan fingerprint density at radius 3 is 0.569 bits per heavy atom. The van der Waals surface area contributed by atoms with Gasteiger partial charge in [-0.15, -0.1) is 41.3 Å². The number of hydrogen-bond donors (Lipinski definition) is 0. The van der Waals surface area contributed by atoms with Gasteiger partial charge in [-0.05, 0) is 57.6 Å². The number of quaternary nitrogens is 2. The van der Waals surface area contributed by atoms with Crippen LogP contribution in [0.25, 0.3) is 0 Å². The fraction of sp³-hybridized carbons (Fsp3) is 0.842. The van der Waals surface area contributed by atoms with Crippen molar-refractivity contribution in [2.45, 2.75) is 175 Å². The van der Waals surface area contributed by atoms with Crippen molar-refractivity contribution in [1.82, 2.24) is 0 Å². The smallest absolute Gasteiger partial charge is 0.429 e. The van der Waals surface area contributed by atoms with E-state index >= 15 is 0 Å². The molecule has 0 aliphatic rings. The molecule has 2 aromatic heterocycles. The van der Waals surface area contributed by atoms with Crippen LogP contribution < -0.4 is 0 Å². The van der Waals surface area contributed by atoms with Crippen LogP contribution >= 0.6 is 69.8 Å². The average molecular weight is 1070 g/mol. The molecule has 0 atom stereocenters. The SMILES string of the molecule is CCCC[N+](CCCC)(CCCC)CCCC.CCCC[N+](CCCC)(CCCC)CCCC.S=c1sc([S-])c([S-])s1.S=c1sc([S-])c([S-])s1.[Pt+2]. The Balaban J connectivity index is -0.000000630. The number of unbranched alkanes of at least 4 members (excludes halogenated alkanes) is 8. The van der Waals surface area contributed by atoms with Crippen molar-refractivity contribution in [3.63, 3.8) is 0 Å². The maximum absolute atomic E-state index is 4.83. The summed E-state index contributed by atoms with van der Waals surface area (Å²) in [6.07, 6.45) is 22.1. The van der Waals surface area contributed by atoms with E-state index in [0.717, 1.165) is 23.1 Å². The largest absolute Gasteiger partial charge is 2.00 e. The van der Waals surface area contributed by atoms with Crippen LogP contribution in [0.15, 0.2) is 16.8 Å². The maximum Gasteiger partial charge on any atom is 2.00 e. The molecule has 0 fully saturated rings. The Labute approximate surface area is 379 Å². The van der Waals surface area contributed by atoms with Gasteiger partial charge in [-0.25, -0.2) is 0 Å². The summed E-state index contributed by atoms with van der Waals surface area (Å²) >= 11 is 34.6. The van der Waals surface area contributed by atoms with E-state index in [2.05, 4.69) is 55.4 Å². The quantitative estimate of drug-likeness (QED) is 0.0580. The van der Waals surface area contributed by atoms with E-state index in [4.69, 9.17) is 75.0 Å². The molecular weight excluding hydrogens is 1000 g/mol. The standard InChI is InChI=1S/2C16H36N.2C3H2S5.Pt/c2*1-5-9-13-17(14-10-6-2,15-11-7-3)16-12-8-4;2*4-1-2(5)8-3(6)7-1;/h2*5-16H2,1-4H3;2*4-5H;/q2*+1;;;+2/p-4. The van der Waals surface area contributed by atoms with E-state index in [1.54, 1.807) is 0 Å². The van der Waals surface area contributed by atoms with Crippen molar-refractivity contribution in [3.8, 4) is 0 Å². The van der Waals surface area contributed by atoms with Gasteiger partial charge in [0.2, 0.25) is 0 Å². The molecule has 0 bridgehead atoms. The summed E-state index contributed by atoms with van der Waals surface area (Å²) in [4.78, 5) is 0. The Morgan fingerprint density at radius 2 is 0.490 bits per heavy atom. The first-order chi connectivity index (χ1) is 23.9. The average Bonchev–Trinajstić information content (AvgIpc) is 3.57. The molecule has 0 amide bonds. The minimum Gasteiger partial charge on any atom is -0.429 e. The molecule has 0 unspecified atom stereocenters. The Hall–Kier alpha value is 2.03. The summed E-state index contributed by atoms with van der Waals surface area (Å²) in [6, 6.07) is 0. The van der Waals surface area contributed by atoms with Gasteiger partial charge in [0.1, 0.15) is 0 Å². The fourth-order valence-corrected chi connectivity index (χ4v) is 12.3. The summed E-state index contributed by atoms with van der Waals surface area (Å²) in [5, 5.41) is 0. The van der Waals surface area contributed by atoms with Gasteiger partial charge in [-0.3, -0.25) is 0 Å². The van der Waals surface area contributed by atoms with Crippen molar-refractivity contribution >= 4 is 120 Å². The van der Waals surface area contributed by atoms with E-state index in [9.17, 15) is 0 Å². The third kappa shape index (κ3) is 29.9. The van der Waals surface area contributed by atoms with Gasteiger partial charge >= 0.3 is 21.1 Å². The van der Waals surface area contributed by atoms with Crippen molar-refractivity contribution in [2.24, 2.45) is 0 Å². The van der Waals surface area contributed by atoms with Crippen LogP contribution in [0.3, 0.4) is 0 Å². The molecule has 0 saturated heterocycles. The number of nitrogens with zero attached hydrogens (tertiary/aromatic N) is 2. The number of hydrogen-bond acceptors (Lipinski definition) is 10. The number of rotatable bonds is 24. The van der Waals surface area contributed by atoms with Gasteiger partial charge in [0, 0.05) is 0 Å². The Kier molecular flexibility index (Phi) is 42.3. The summed E-state index contributed by atoms with van der Waals surface area (Å²) in [6.45, 7) is 30.0. The third-order valence-electron chi connectivity index (χ3n) is 8.93. The molecule has 2 rings (SSSR count). The van der Waals surface area contributed by atoms with Gasteiger partial charge in [-0.2, -0.15) is 0 Å². The van der Waals surface area contributed by atoms with Crippen molar-refractivity contribution in [3.05, 3.63) is 6.28 Å². The van der Waals surface area contributed by atoms with E-state index in [1.807, 2.05) is 0 Å². The minimum absolute atomic E-state index is 0. The molecule has 304 valence electrons. The van der Waals surface area contributed by atoms with Gasteiger partial charge in [0.05, 0.1) is 52.4 Å². The molecule has 13 heteroatoms. The van der Waals surface area contributed by atoms with Gasteiger partial charge in [-0.1, -0.05) is 107 Å². The molecule has 2 heterocycles. The molecule has 0 aliphatic heterocycles. The molecule has 2 aromatic rings. The van der Waals surface area contributed by atoms with Crippen LogP contribution in [0.5, 0.6) is 0 Å². The second-order valence-electron chi connectivity index (χ2n) is 13.4. The molecule has 0 aromatic carbocycles. The summed E-state index contributed by atoms with van der Waals surface area (Å²) in [5.41, 5.74) is 0. The summed E-state index contributed by atoms with van der Waals surface area (Å²) in [7, 11) is 0. The summed E-state index contributed by atoms with van der Waals surface area (Å²) < 4.78 is 7.54. The topological polar surface area (TPSA) is 0 Å². The molecule has 0 spiro atoms. The van der Waals surface area contributed by atoms with Crippen molar-refractivity contribution in [1.29, 1.82) is 0 Å². The van der Waals surface area contributed by atoms with Crippen LogP contribution in [0, 0.1) is 6.28 Å². The van der Waals surface area contributed by atoms with Crippen LogP contribution in [-0.4, -0.2) is 61.3 Å². The molecule has 0 aliphatic carbocycles. The minimum atomic E-state index is 0. The summed E-state index contributed by atoms with van der Waals surface area (Å²) in [5.74, 6) is 0. The first kappa shape index (κ1) is 57.4.